The number of hydrogen-bond donors (Lipinski definition) is 1. The highest BCUT2D eigenvalue weighted by Gasteiger charge is 2.32. The van der Waals surface area contributed by atoms with Crippen LogP contribution in [0.2, 0.25) is 0 Å². The molecular weight excluding hydrogens is 210 g/mol. The minimum Gasteiger partial charge on any atom is -0.249 e. The van der Waals surface area contributed by atoms with E-state index in [0.717, 1.165) is 11.4 Å². The van der Waals surface area contributed by atoms with Gasteiger partial charge in [-0.15, -0.1) is 0 Å². The molecule has 0 saturated carbocycles. The Morgan fingerprint density at radius 1 is 1.40 bits per heavy atom. The number of aromatic nitrogens is 2. The summed E-state index contributed by atoms with van der Waals surface area (Å²) in [6.45, 7) is 6.05. The van der Waals surface area contributed by atoms with E-state index in [1.54, 1.807) is 0 Å². The Bertz CT molecular complexity index is 500. The van der Waals surface area contributed by atoms with Gasteiger partial charge < -0.3 is 0 Å². The fourth-order valence-electron chi connectivity index (χ4n) is 1.81. The van der Waals surface area contributed by atoms with E-state index in [0.29, 0.717) is 17.1 Å². The van der Waals surface area contributed by atoms with E-state index in [1.807, 2.05) is 20.8 Å². The van der Waals surface area contributed by atoms with Crippen molar-refractivity contribution in [2.45, 2.75) is 37.5 Å². The monoisotopic (exact) mass is 225 g/mol. The summed E-state index contributed by atoms with van der Waals surface area (Å²) in [5, 5.41) is 0. The quantitative estimate of drug-likeness (QED) is 0.731. The molecule has 1 aliphatic heterocycles. The van der Waals surface area contributed by atoms with Gasteiger partial charge in [0.25, 0.3) is 0 Å². The summed E-state index contributed by atoms with van der Waals surface area (Å²) in [5.74, 6) is 0.393. The molecule has 0 amide bonds. The zero-order chi connectivity index (χ0) is 11.3. The zero-order valence-electron chi connectivity index (χ0n) is 9.20. The maximum Gasteiger partial charge on any atom is 0.116 e. The van der Waals surface area contributed by atoms with Crippen molar-refractivity contribution >= 4 is 9.73 Å². The first-order valence-electron chi connectivity index (χ1n) is 4.93. The number of nitrogens with zero attached hydrogens (tertiary/aromatic N) is 2. The Hall–Kier alpha value is -0.970. The van der Waals surface area contributed by atoms with Crippen LogP contribution in [0.3, 0.4) is 0 Å². The van der Waals surface area contributed by atoms with Gasteiger partial charge >= 0.3 is 0 Å². The molecule has 1 aromatic rings. The van der Waals surface area contributed by atoms with Crippen molar-refractivity contribution in [1.29, 1.82) is 4.78 Å². The van der Waals surface area contributed by atoms with Crippen molar-refractivity contribution in [2.75, 3.05) is 5.75 Å². The van der Waals surface area contributed by atoms with Crippen LogP contribution < -0.4 is 0 Å². The average molecular weight is 225 g/mol. The molecular formula is C10H15N3OS. The van der Waals surface area contributed by atoms with Crippen LogP contribution in [-0.4, -0.2) is 19.9 Å². The van der Waals surface area contributed by atoms with Gasteiger partial charge in [-0.1, -0.05) is 20.8 Å². The summed E-state index contributed by atoms with van der Waals surface area (Å²) in [5.41, 5.74) is 1.39. The lowest BCUT2D eigenvalue weighted by Gasteiger charge is -2.20. The lowest BCUT2D eigenvalue weighted by molar-refractivity contribution is 0.547. The van der Waals surface area contributed by atoms with Crippen LogP contribution in [0.4, 0.5) is 0 Å². The first-order valence-corrected chi connectivity index (χ1v) is 6.66. The predicted molar refractivity (Wildman–Crippen MR) is 58.4 cm³/mol. The average Bonchev–Trinajstić information content (AvgIpc) is 2.41. The largest absolute Gasteiger partial charge is 0.249 e. The second-order valence-electron chi connectivity index (χ2n) is 4.88. The van der Waals surface area contributed by atoms with E-state index < -0.39 is 9.73 Å². The maximum absolute atomic E-state index is 12.1. The summed E-state index contributed by atoms with van der Waals surface area (Å²) in [7, 11) is -2.64. The van der Waals surface area contributed by atoms with Crippen LogP contribution in [0, 0.1) is 4.78 Å². The SMILES string of the molecule is CC(C)(C)c1ncnc2c1[S@](=N)(=O)CC2. The minimum atomic E-state index is -2.64. The molecule has 1 aliphatic rings. The molecule has 1 atom stereocenters. The fourth-order valence-corrected chi connectivity index (χ4v) is 3.70. The molecule has 5 heteroatoms. The summed E-state index contributed by atoms with van der Waals surface area (Å²) in [4.78, 5) is 8.92. The predicted octanol–water partition coefficient (Wildman–Crippen LogP) is 1.74. The fraction of sp³-hybridized carbons (Fsp3) is 0.600. The molecule has 0 aromatic carbocycles. The molecule has 15 heavy (non-hydrogen) atoms. The van der Waals surface area contributed by atoms with Gasteiger partial charge in [-0.3, -0.25) is 0 Å². The normalized spacial score (nSPS) is 25.3. The van der Waals surface area contributed by atoms with Gasteiger partial charge in [0.15, 0.2) is 0 Å². The van der Waals surface area contributed by atoms with Crippen LogP contribution in [-0.2, 0) is 21.6 Å². The highest BCUT2D eigenvalue weighted by molar-refractivity contribution is 7.92. The Morgan fingerprint density at radius 2 is 2.07 bits per heavy atom. The Balaban J connectivity index is 2.76. The van der Waals surface area contributed by atoms with Gasteiger partial charge in [0.2, 0.25) is 0 Å². The maximum atomic E-state index is 12.1. The van der Waals surface area contributed by atoms with Gasteiger partial charge in [0, 0.05) is 17.6 Å². The lowest BCUT2D eigenvalue weighted by atomic mass is 9.91. The molecule has 0 radical (unpaired) electrons. The number of fused-ring (bicyclic) bond motifs is 1. The standard InChI is InChI=1S/C10H15N3OS/c1-10(2,3)9-8-7(12-6-13-9)4-5-15(8,11)14/h6,11H,4-5H2,1-3H3/t15-/m1/s1. The van der Waals surface area contributed by atoms with Crippen LogP contribution in [0.5, 0.6) is 0 Å². The molecule has 4 nitrogen and oxygen atoms in total. The molecule has 0 aliphatic carbocycles. The molecule has 2 rings (SSSR count). The van der Waals surface area contributed by atoms with Crippen molar-refractivity contribution in [3.63, 3.8) is 0 Å². The molecule has 1 N–H and O–H groups in total. The highest BCUT2D eigenvalue weighted by Crippen LogP contribution is 2.33. The first-order chi connectivity index (χ1) is 6.82. The van der Waals surface area contributed by atoms with Gasteiger partial charge in [0.05, 0.1) is 26.0 Å². The molecule has 2 heterocycles. The van der Waals surface area contributed by atoms with E-state index in [-0.39, 0.29) is 5.41 Å². The van der Waals surface area contributed by atoms with Gasteiger partial charge in [-0.05, 0) is 0 Å². The van der Waals surface area contributed by atoms with Gasteiger partial charge in [-0.2, -0.15) is 0 Å². The summed E-state index contributed by atoms with van der Waals surface area (Å²) in [6.07, 6.45) is 2.16. The molecule has 0 unspecified atom stereocenters. The van der Waals surface area contributed by atoms with Crippen molar-refractivity contribution in [3.8, 4) is 0 Å². The molecule has 1 aromatic heterocycles. The third kappa shape index (κ3) is 1.65. The highest BCUT2D eigenvalue weighted by atomic mass is 32.2. The first kappa shape index (κ1) is 10.5. The Labute approximate surface area is 90.1 Å². The second-order valence-corrected chi connectivity index (χ2v) is 7.04. The van der Waals surface area contributed by atoms with Crippen LogP contribution in [0.25, 0.3) is 0 Å². The van der Waals surface area contributed by atoms with Gasteiger partial charge in [-0.25, -0.2) is 19.0 Å². The molecule has 0 saturated heterocycles. The number of nitrogens with one attached hydrogen (secondary N) is 1. The van der Waals surface area contributed by atoms with Crippen molar-refractivity contribution in [1.82, 2.24) is 9.97 Å². The smallest absolute Gasteiger partial charge is 0.116 e. The molecule has 0 bridgehead atoms. The summed E-state index contributed by atoms with van der Waals surface area (Å²) >= 11 is 0. The van der Waals surface area contributed by atoms with Crippen molar-refractivity contribution in [2.24, 2.45) is 0 Å². The van der Waals surface area contributed by atoms with E-state index in [9.17, 15) is 4.21 Å². The van der Waals surface area contributed by atoms with E-state index in [4.69, 9.17) is 4.78 Å². The molecule has 0 spiro atoms. The minimum absolute atomic E-state index is 0.179. The van der Waals surface area contributed by atoms with Crippen LogP contribution in [0.15, 0.2) is 11.2 Å². The Morgan fingerprint density at radius 3 is 2.67 bits per heavy atom. The second kappa shape index (κ2) is 3.01. The van der Waals surface area contributed by atoms with Crippen LogP contribution in [0.1, 0.15) is 32.2 Å². The Kier molecular flexibility index (Phi) is 2.12. The number of rotatable bonds is 0. The summed E-state index contributed by atoms with van der Waals surface area (Å²) < 4.78 is 19.9. The number of hydrogen-bond acceptors (Lipinski definition) is 4. The van der Waals surface area contributed by atoms with Gasteiger partial charge in [0.1, 0.15) is 6.33 Å². The third-order valence-corrected chi connectivity index (χ3v) is 4.41. The lowest BCUT2D eigenvalue weighted by Crippen LogP contribution is -2.18. The third-order valence-electron chi connectivity index (χ3n) is 2.54. The van der Waals surface area contributed by atoms with Crippen LogP contribution >= 0.6 is 0 Å². The van der Waals surface area contributed by atoms with E-state index in [1.165, 1.54) is 6.33 Å². The van der Waals surface area contributed by atoms with E-state index in [2.05, 4.69) is 9.97 Å². The number of aryl methyl sites for hydroxylation is 1. The zero-order valence-corrected chi connectivity index (χ0v) is 10.0. The van der Waals surface area contributed by atoms with Crippen molar-refractivity contribution < 1.29 is 4.21 Å². The summed E-state index contributed by atoms with van der Waals surface area (Å²) in [6, 6.07) is 0. The topological polar surface area (TPSA) is 66.7 Å². The molecule has 82 valence electrons. The molecule has 0 fully saturated rings. The van der Waals surface area contributed by atoms with E-state index >= 15 is 0 Å². The van der Waals surface area contributed by atoms with Crippen molar-refractivity contribution in [3.05, 3.63) is 17.7 Å².